The molecular weight excluding hydrogens is 345 g/mol. The number of amides is 1. The van der Waals surface area contributed by atoms with Gasteiger partial charge in [0.25, 0.3) is 5.91 Å². The van der Waals surface area contributed by atoms with Crippen LogP contribution >= 0.6 is 0 Å². The molecule has 0 aliphatic heterocycles. The van der Waals surface area contributed by atoms with E-state index >= 15 is 0 Å². The van der Waals surface area contributed by atoms with E-state index in [2.05, 4.69) is 5.32 Å². The summed E-state index contributed by atoms with van der Waals surface area (Å²) in [6, 6.07) is 12.8. The second-order valence-corrected chi connectivity index (χ2v) is 5.18. The highest BCUT2D eigenvalue weighted by Crippen LogP contribution is 2.30. The van der Waals surface area contributed by atoms with Crippen LogP contribution in [-0.4, -0.2) is 12.5 Å². The maximum atomic E-state index is 12.8. The monoisotopic (exact) mass is 360 g/mol. The number of nitrogens with zero attached hydrogens (tertiary/aromatic N) is 1. The van der Waals surface area contributed by atoms with Crippen LogP contribution < -0.4 is 10.1 Å². The summed E-state index contributed by atoms with van der Waals surface area (Å²) in [4.78, 5) is 12.3. The van der Waals surface area contributed by atoms with Gasteiger partial charge in [-0.25, -0.2) is 0 Å². The molecule has 0 saturated carbocycles. The van der Waals surface area contributed by atoms with Crippen molar-refractivity contribution < 1.29 is 22.7 Å². The van der Waals surface area contributed by atoms with Crippen LogP contribution in [0.5, 0.6) is 5.75 Å². The molecule has 26 heavy (non-hydrogen) atoms. The maximum absolute atomic E-state index is 12.8. The average molecular weight is 360 g/mol. The lowest BCUT2D eigenvalue weighted by molar-refractivity contribution is -0.137. The summed E-state index contributed by atoms with van der Waals surface area (Å²) in [5.41, 5.74) is -0.713. The summed E-state index contributed by atoms with van der Waals surface area (Å²) in [7, 11) is 0. The first-order valence-electron chi connectivity index (χ1n) is 7.67. The van der Waals surface area contributed by atoms with Crippen molar-refractivity contribution in [1.82, 2.24) is 0 Å². The Labute approximate surface area is 148 Å². The van der Waals surface area contributed by atoms with Crippen molar-refractivity contribution in [3.05, 3.63) is 65.2 Å². The van der Waals surface area contributed by atoms with Crippen LogP contribution in [0.1, 0.15) is 18.1 Å². The topological polar surface area (TPSA) is 62.1 Å². The lowest BCUT2D eigenvalue weighted by Gasteiger charge is -2.11. The maximum Gasteiger partial charge on any atom is 0.416 e. The molecule has 1 N–H and O–H groups in total. The molecule has 2 aromatic rings. The molecule has 2 aromatic carbocycles. The predicted molar refractivity (Wildman–Crippen MR) is 91.3 cm³/mol. The highest BCUT2D eigenvalue weighted by atomic mass is 19.4. The van der Waals surface area contributed by atoms with Gasteiger partial charge in [0.2, 0.25) is 0 Å². The van der Waals surface area contributed by atoms with Crippen molar-refractivity contribution >= 4 is 17.7 Å². The Bertz CT molecular complexity index is 868. The van der Waals surface area contributed by atoms with Crippen LogP contribution in [-0.2, 0) is 11.0 Å². The first-order valence-corrected chi connectivity index (χ1v) is 7.67. The first kappa shape index (κ1) is 19.1. The molecule has 0 atom stereocenters. The zero-order valence-electron chi connectivity index (χ0n) is 13.8. The van der Waals surface area contributed by atoms with E-state index in [0.717, 1.165) is 18.2 Å². The number of halogens is 3. The Hall–Kier alpha value is -3.27. The molecule has 2 rings (SSSR count). The number of carbonyl (C=O) groups is 1. The second kappa shape index (κ2) is 8.21. The van der Waals surface area contributed by atoms with Crippen molar-refractivity contribution in [2.45, 2.75) is 13.1 Å². The largest absolute Gasteiger partial charge is 0.492 e. The van der Waals surface area contributed by atoms with E-state index in [0.29, 0.717) is 18.0 Å². The van der Waals surface area contributed by atoms with Gasteiger partial charge in [0, 0.05) is 0 Å². The van der Waals surface area contributed by atoms with Crippen molar-refractivity contribution in [2.75, 3.05) is 11.9 Å². The number of alkyl halides is 3. The molecule has 0 fully saturated rings. The molecule has 0 aliphatic carbocycles. The number of nitriles is 1. The number of ether oxygens (including phenoxy) is 1. The lowest BCUT2D eigenvalue weighted by atomic mass is 10.1. The van der Waals surface area contributed by atoms with E-state index in [1.165, 1.54) is 12.1 Å². The SMILES string of the molecule is CCOc1ccccc1NC(=O)/C(C#N)=C/c1cccc(C(F)(F)F)c1. The van der Waals surface area contributed by atoms with Crippen LogP contribution in [0.4, 0.5) is 18.9 Å². The Morgan fingerprint density at radius 2 is 1.96 bits per heavy atom. The van der Waals surface area contributed by atoms with Gasteiger partial charge in [0.1, 0.15) is 17.4 Å². The van der Waals surface area contributed by atoms with Crippen LogP contribution in [0.25, 0.3) is 6.08 Å². The quantitative estimate of drug-likeness (QED) is 0.624. The molecule has 0 saturated heterocycles. The number of nitrogens with one attached hydrogen (secondary N) is 1. The van der Waals surface area contributed by atoms with Crippen molar-refractivity contribution in [3.8, 4) is 11.8 Å². The Balaban J connectivity index is 2.27. The second-order valence-electron chi connectivity index (χ2n) is 5.18. The Kier molecular flexibility index (Phi) is 6.02. The van der Waals surface area contributed by atoms with Crippen LogP contribution in [0.2, 0.25) is 0 Å². The summed E-state index contributed by atoms with van der Waals surface area (Å²) in [5.74, 6) is -0.309. The van der Waals surface area contributed by atoms with Gasteiger partial charge >= 0.3 is 6.18 Å². The van der Waals surface area contributed by atoms with Gasteiger partial charge in [-0.15, -0.1) is 0 Å². The van der Waals surface area contributed by atoms with Crippen molar-refractivity contribution in [1.29, 1.82) is 5.26 Å². The van der Waals surface area contributed by atoms with E-state index in [1.807, 2.05) is 0 Å². The van der Waals surface area contributed by atoms with Gasteiger partial charge < -0.3 is 10.1 Å². The van der Waals surface area contributed by atoms with Crippen LogP contribution in [0, 0.1) is 11.3 Å². The molecule has 7 heteroatoms. The van der Waals surface area contributed by atoms with Crippen LogP contribution in [0.15, 0.2) is 54.1 Å². The average Bonchev–Trinajstić information content (AvgIpc) is 2.61. The molecule has 134 valence electrons. The summed E-state index contributed by atoms with van der Waals surface area (Å²) in [5, 5.41) is 11.7. The lowest BCUT2D eigenvalue weighted by Crippen LogP contribution is -2.14. The Morgan fingerprint density at radius 1 is 1.23 bits per heavy atom. The minimum Gasteiger partial charge on any atom is -0.492 e. The molecule has 4 nitrogen and oxygen atoms in total. The van der Waals surface area contributed by atoms with E-state index < -0.39 is 17.6 Å². The molecule has 0 bridgehead atoms. The van der Waals surface area contributed by atoms with Gasteiger partial charge in [-0.2, -0.15) is 18.4 Å². The summed E-state index contributed by atoms with van der Waals surface area (Å²) >= 11 is 0. The molecule has 0 spiro atoms. The number of hydrogen-bond acceptors (Lipinski definition) is 3. The standard InChI is InChI=1S/C19H15F3N2O2/c1-2-26-17-9-4-3-8-16(17)24-18(25)14(12-23)10-13-6-5-7-15(11-13)19(20,21)22/h3-11H,2H2,1H3,(H,24,25)/b14-10+. The summed E-state index contributed by atoms with van der Waals surface area (Å²) in [6.07, 6.45) is -3.40. The third-order valence-electron chi connectivity index (χ3n) is 3.33. The number of para-hydroxylation sites is 2. The molecule has 1 amide bonds. The zero-order valence-corrected chi connectivity index (χ0v) is 13.8. The van der Waals surface area contributed by atoms with E-state index in [9.17, 15) is 23.2 Å². The smallest absolute Gasteiger partial charge is 0.416 e. The molecule has 0 radical (unpaired) electrons. The summed E-state index contributed by atoms with van der Waals surface area (Å²) < 4.78 is 43.7. The van der Waals surface area contributed by atoms with Gasteiger partial charge in [-0.05, 0) is 42.8 Å². The number of anilines is 1. The number of benzene rings is 2. The van der Waals surface area contributed by atoms with Gasteiger partial charge in [0.05, 0.1) is 17.9 Å². The van der Waals surface area contributed by atoms with E-state index in [1.54, 1.807) is 37.3 Å². The molecule has 0 aliphatic rings. The zero-order chi connectivity index (χ0) is 19.2. The predicted octanol–water partition coefficient (Wildman–Crippen LogP) is 4.65. The molecule has 0 heterocycles. The van der Waals surface area contributed by atoms with Crippen molar-refractivity contribution in [2.24, 2.45) is 0 Å². The number of rotatable bonds is 5. The van der Waals surface area contributed by atoms with Crippen LogP contribution in [0.3, 0.4) is 0 Å². The fourth-order valence-corrected chi connectivity index (χ4v) is 2.16. The summed E-state index contributed by atoms with van der Waals surface area (Å²) in [6.45, 7) is 2.17. The molecular formula is C19H15F3N2O2. The van der Waals surface area contributed by atoms with E-state index in [4.69, 9.17) is 4.74 Å². The fraction of sp³-hybridized carbons (Fsp3) is 0.158. The fourth-order valence-electron chi connectivity index (χ4n) is 2.16. The third-order valence-corrected chi connectivity index (χ3v) is 3.33. The normalized spacial score (nSPS) is 11.6. The Morgan fingerprint density at radius 3 is 2.62 bits per heavy atom. The van der Waals surface area contributed by atoms with Gasteiger partial charge in [-0.3, -0.25) is 4.79 Å². The number of hydrogen-bond donors (Lipinski definition) is 1. The van der Waals surface area contributed by atoms with E-state index in [-0.39, 0.29) is 11.1 Å². The van der Waals surface area contributed by atoms with Gasteiger partial charge in [-0.1, -0.05) is 24.3 Å². The van der Waals surface area contributed by atoms with Gasteiger partial charge in [0.15, 0.2) is 0 Å². The molecule has 0 aromatic heterocycles. The first-order chi connectivity index (χ1) is 12.3. The van der Waals surface area contributed by atoms with Crippen molar-refractivity contribution in [3.63, 3.8) is 0 Å². The number of carbonyl (C=O) groups excluding carboxylic acids is 1. The third kappa shape index (κ3) is 4.86. The highest BCUT2D eigenvalue weighted by molar-refractivity contribution is 6.10. The highest BCUT2D eigenvalue weighted by Gasteiger charge is 2.30. The minimum atomic E-state index is -4.50. The minimum absolute atomic E-state index is 0.101. The molecule has 0 unspecified atom stereocenters.